The van der Waals surface area contributed by atoms with E-state index in [9.17, 15) is 0 Å². The molecule has 1 unspecified atom stereocenters. The number of rotatable bonds is 6. The van der Waals surface area contributed by atoms with Crippen LogP contribution >= 0.6 is 0 Å². The van der Waals surface area contributed by atoms with E-state index >= 15 is 0 Å². The molecule has 248 valence electrons. The van der Waals surface area contributed by atoms with Gasteiger partial charge in [0.1, 0.15) is 17.0 Å². The standard InChI is InChI=1S/C48H35N3O/c1-31(32-14-5-2-6-15-32)50-48(51-47(49)38-24-25-40-37(28-38)22-13-23-39(40)33-16-7-3-8-17-33)42-27-26-41(34-18-9-4-10-19-34)46-45(42)43-29-35-20-11-12-21-36(35)30-44(43)52-46/h2-31H,1H3,(H2,49,50,51). The summed E-state index contributed by atoms with van der Waals surface area (Å²) < 4.78 is 6.78. The number of furan rings is 1. The number of nitrogens with zero attached hydrogens (tertiary/aromatic N) is 2. The lowest BCUT2D eigenvalue weighted by molar-refractivity contribution is 0.670. The van der Waals surface area contributed by atoms with Crippen molar-refractivity contribution in [1.82, 2.24) is 0 Å². The Hall–Kier alpha value is -6.78. The fourth-order valence-electron chi connectivity index (χ4n) is 7.24. The Morgan fingerprint density at radius 2 is 1.19 bits per heavy atom. The normalized spacial score (nSPS) is 12.9. The molecule has 0 saturated heterocycles. The minimum absolute atomic E-state index is 0.180. The Balaban J connectivity index is 1.26. The summed E-state index contributed by atoms with van der Waals surface area (Å²) in [4.78, 5) is 10.5. The molecule has 0 aliphatic rings. The Morgan fingerprint density at radius 3 is 1.92 bits per heavy atom. The maximum atomic E-state index is 6.96. The molecule has 4 heteroatoms. The number of fused-ring (bicyclic) bond motifs is 5. The van der Waals surface area contributed by atoms with Gasteiger partial charge in [0.05, 0.1) is 6.04 Å². The summed E-state index contributed by atoms with van der Waals surface area (Å²) in [5, 5.41) is 6.48. The first-order chi connectivity index (χ1) is 25.6. The third-order valence-electron chi connectivity index (χ3n) is 9.90. The van der Waals surface area contributed by atoms with Crippen LogP contribution in [0.15, 0.2) is 190 Å². The summed E-state index contributed by atoms with van der Waals surface area (Å²) in [6.45, 7) is 2.10. The van der Waals surface area contributed by atoms with Crippen molar-refractivity contribution in [2.75, 3.05) is 0 Å². The number of amidine groups is 2. The fraction of sp³-hybridized carbons (Fsp3) is 0.0417. The van der Waals surface area contributed by atoms with Crippen LogP contribution in [0.25, 0.3) is 65.7 Å². The van der Waals surface area contributed by atoms with Crippen molar-refractivity contribution in [1.29, 1.82) is 0 Å². The van der Waals surface area contributed by atoms with Crippen LogP contribution in [0.5, 0.6) is 0 Å². The molecule has 2 N–H and O–H groups in total. The van der Waals surface area contributed by atoms with Crippen LogP contribution in [0.4, 0.5) is 0 Å². The molecule has 1 aromatic heterocycles. The molecule has 1 atom stereocenters. The van der Waals surface area contributed by atoms with Crippen LogP contribution in [0.2, 0.25) is 0 Å². The zero-order chi connectivity index (χ0) is 35.0. The van der Waals surface area contributed by atoms with Gasteiger partial charge < -0.3 is 10.2 Å². The van der Waals surface area contributed by atoms with Gasteiger partial charge in [-0.25, -0.2) is 4.99 Å². The Labute approximate surface area is 302 Å². The molecule has 0 aliphatic carbocycles. The lowest BCUT2D eigenvalue weighted by Crippen LogP contribution is -2.17. The van der Waals surface area contributed by atoms with Crippen LogP contribution in [-0.4, -0.2) is 11.7 Å². The summed E-state index contributed by atoms with van der Waals surface area (Å²) in [5.74, 6) is 0.942. The van der Waals surface area contributed by atoms with Crippen LogP contribution in [0, 0.1) is 0 Å². The Bertz CT molecular complexity index is 2800. The van der Waals surface area contributed by atoms with Gasteiger partial charge in [0, 0.05) is 27.5 Å². The minimum Gasteiger partial charge on any atom is -0.455 e. The third kappa shape index (κ3) is 5.70. The van der Waals surface area contributed by atoms with Gasteiger partial charge >= 0.3 is 0 Å². The first-order valence-electron chi connectivity index (χ1n) is 17.6. The predicted molar refractivity (Wildman–Crippen MR) is 218 cm³/mol. The van der Waals surface area contributed by atoms with Crippen molar-refractivity contribution in [3.63, 3.8) is 0 Å². The van der Waals surface area contributed by atoms with E-state index < -0.39 is 0 Å². The van der Waals surface area contributed by atoms with Gasteiger partial charge in [-0.2, -0.15) is 0 Å². The van der Waals surface area contributed by atoms with E-state index in [4.69, 9.17) is 20.1 Å². The van der Waals surface area contributed by atoms with Crippen molar-refractivity contribution in [2.45, 2.75) is 13.0 Å². The predicted octanol–water partition coefficient (Wildman–Crippen LogP) is 12.1. The van der Waals surface area contributed by atoms with Crippen molar-refractivity contribution in [2.24, 2.45) is 15.7 Å². The van der Waals surface area contributed by atoms with Gasteiger partial charge in [0.15, 0.2) is 5.84 Å². The molecule has 52 heavy (non-hydrogen) atoms. The monoisotopic (exact) mass is 669 g/mol. The number of nitrogens with two attached hydrogens (primary N) is 1. The minimum atomic E-state index is -0.180. The molecule has 9 aromatic rings. The largest absolute Gasteiger partial charge is 0.455 e. The van der Waals surface area contributed by atoms with Gasteiger partial charge in [0.2, 0.25) is 0 Å². The van der Waals surface area contributed by atoms with Gasteiger partial charge in [-0.05, 0) is 81.1 Å². The van der Waals surface area contributed by atoms with E-state index in [0.29, 0.717) is 11.7 Å². The molecule has 0 aliphatic heterocycles. The van der Waals surface area contributed by atoms with Crippen LogP contribution in [-0.2, 0) is 0 Å². The number of hydrogen-bond donors (Lipinski definition) is 1. The summed E-state index contributed by atoms with van der Waals surface area (Å²) in [6.07, 6.45) is 0. The van der Waals surface area contributed by atoms with Gasteiger partial charge in [0.25, 0.3) is 0 Å². The van der Waals surface area contributed by atoms with E-state index in [1.165, 1.54) is 11.1 Å². The highest BCUT2D eigenvalue weighted by molar-refractivity contribution is 6.24. The topological polar surface area (TPSA) is 63.9 Å². The Kier molecular flexibility index (Phi) is 7.90. The highest BCUT2D eigenvalue weighted by atomic mass is 16.3. The maximum Gasteiger partial charge on any atom is 0.158 e. The molecular formula is C48H35N3O. The van der Waals surface area contributed by atoms with Crippen molar-refractivity contribution in [3.8, 4) is 22.3 Å². The molecule has 0 fully saturated rings. The second kappa shape index (κ2) is 13.2. The van der Waals surface area contributed by atoms with E-state index in [-0.39, 0.29) is 6.04 Å². The number of hydrogen-bond acceptors (Lipinski definition) is 2. The van der Waals surface area contributed by atoms with E-state index in [2.05, 4.69) is 153 Å². The second-order valence-corrected chi connectivity index (χ2v) is 13.2. The molecule has 0 spiro atoms. The molecule has 0 amide bonds. The average Bonchev–Trinajstić information content (AvgIpc) is 3.58. The summed E-state index contributed by atoms with van der Waals surface area (Å²) in [7, 11) is 0. The molecule has 4 nitrogen and oxygen atoms in total. The van der Waals surface area contributed by atoms with Gasteiger partial charge in [-0.1, -0.05) is 146 Å². The smallest absolute Gasteiger partial charge is 0.158 e. The molecule has 0 radical (unpaired) electrons. The number of benzene rings is 8. The zero-order valence-corrected chi connectivity index (χ0v) is 28.7. The quantitative estimate of drug-likeness (QED) is 0.141. The molecule has 0 saturated carbocycles. The first kappa shape index (κ1) is 31.2. The highest BCUT2D eigenvalue weighted by Gasteiger charge is 2.21. The van der Waals surface area contributed by atoms with Crippen LogP contribution in [0.1, 0.15) is 29.7 Å². The molecule has 1 heterocycles. The van der Waals surface area contributed by atoms with Gasteiger partial charge in [-0.15, -0.1) is 0 Å². The first-order valence-corrected chi connectivity index (χ1v) is 17.6. The van der Waals surface area contributed by atoms with Gasteiger partial charge in [-0.3, -0.25) is 4.99 Å². The Morgan fingerprint density at radius 1 is 0.558 bits per heavy atom. The van der Waals surface area contributed by atoms with E-state index in [0.717, 1.165) is 71.3 Å². The zero-order valence-electron chi connectivity index (χ0n) is 28.7. The van der Waals surface area contributed by atoms with E-state index in [1.54, 1.807) is 0 Å². The second-order valence-electron chi connectivity index (χ2n) is 13.2. The summed E-state index contributed by atoms with van der Waals surface area (Å²) >= 11 is 0. The molecule has 9 rings (SSSR count). The third-order valence-corrected chi connectivity index (χ3v) is 9.90. The van der Waals surface area contributed by atoms with Crippen LogP contribution in [0.3, 0.4) is 0 Å². The lowest BCUT2D eigenvalue weighted by Gasteiger charge is -2.13. The fourth-order valence-corrected chi connectivity index (χ4v) is 7.24. The maximum absolute atomic E-state index is 6.96. The van der Waals surface area contributed by atoms with E-state index in [1.807, 2.05) is 30.3 Å². The van der Waals surface area contributed by atoms with Crippen molar-refractivity contribution < 1.29 is 4.42 Å². The van der Waals surface area contributed by atoms with Crippen molar-refractivity contribution >= 4 is 55.2 Å². The highest BCUT2D eigenvalue weighted by Crippen LogP contribution is 2.40. The summed E-state index contributed by atoms with van der Waals surface area (Å²) in [6, 6.07) is 60.6. The van der Waals surface area contributed by atoms with Crippen LogP contribution < -0.4 is 5.73 Å². The average molecular weight is 670 g/mol. The van der Waals surface area contributed by atoms with Crippen molar-refractivity contribution in [3.05, 3.63) is 193 Å². The number of aliphatic imine (C=N–C) groups is 2. The molecule has 0 bridgehead atoms. The molecule has 8 aromatic carbocycles. The lowest BCUT2D eigenvalue weighted by atomic mass is 9.96. The summed E-state index contributed by atoms with van der Waals surface area (Å²) in [5.41, 5.74) is 15.8. The SMILES string of the molecule is CC(N=C(N=C(N)c1ccc2c(-c3ccccc3)cccc2c1)c1ccc(-c2ccccc2)c2oc3cc4ccccc4cc3c12)c1ccccc1. The molecular weight excluding hydrogens is 635 g/mol.